The molecule has 2 rings (SSSR count). The summed E-state index contributed by atoms with van der Waals surface area (Å²) in [6.45, 7) is 0. The van der Waals surface area contributed by atoms with Crippen molar-refractivity contribution in [2.24, 2.45) is 0 Å². The summed E-state index contributed by atoms with van der Waals surface area (Å²) in [5.74, 6) is 0.885. The van der Waals surface area contributed by atoms with Crippen LogP contribution >= 0.6 is 0 Å². The Labute approximate surface area is 108 Å². The van der Waals surface area contributed by atoms with E-state index in [1.54, 1.807) is 14.2 Å². The second-order valence-electron chi connectivity index (χ2n) is 4.19. The minimum atomic E-state index is 0.0818. The molecule has 94 valence electrons. The van der Waals surface area contributed by atoms with Gasteiger partial charge in [-0.2, -0.15) is 0 Å². The first kappa shape index (κ1) is 12.7. The lowest BCUT2D eigenvalue weighted by atomic mass is 10.0. The van der Waals surface area contributed by atoms with Crippen molar-refractivity contribution in [1.29, 1.82) is 0 Å². The van der Waals surface area contributed by atoms with Crippen molar-refractivity contribution in [2.45, 2.75) is 12.5 Å². The van der Waals surface area contributed by atoms with Gasteiger partial charge in [-0.3, -0.25) is 0 Å². The molecule has 0 radical (unpaired) electrons. The van der Waals surface area contributed by atoms with Crippen molar-refractivity contribution in [3.63, 3.8) is 0 Å². The molecule has 1 unspecified atom stereocenters. The standard InChI is InChI=1S/C16H18O2/c1-17-15-10-6-7-13(11-15)12-16(18-2)14-8-4-3-5-9-14/h3-11,16H,12H2,1-2H3. The van der Waals surface area contributed by atoms with Crippen LogP contribution in [0.4, 0.5) is 0 Å². The lowest BCUT2D eigenvalue weighted by molar-refractivity contribution is 0.104. The van der Waals surface area contributed by atoms with E-state index in [9.17, 15) is 0 Å². The van der Waals surface area contributed by atoms with Gasteiger partial charge in [0.15, 0.2) is 0 Å². The van der Waals surface area contributed by atoms with E-state index in [0.717, 1.165) is 12.2 Å². The summed E-state index contributed by atoms with van der Waals surface area (Å²) in [5, 5.41) is 0. The molecule has 0 fully saturated rings. The molecule has 0 spiro atoms. The fourth-order valence-electron chi connectivity index (χ4n) is 2.02. The molecule has 0 bridgehead atoms. The van der Waals surface area contributed by atoms with Crippen LogP contribution in [0.25, 0.3) is 0 Å². The first-order chi connectivity index (χ1) is 8.83. The van der Waals surface area contributed by atoms with Gasteiger partial charge in [-0.05, 0) is 23.3 Å². The summed E-state index contributed by atoms with van der Waals surface area (Å²) >= 11 is 0. The average molecular weight is 242 g/mol. The molecule has 0 saturated heterocycles. The Morgan fingerprint density at radius 2 is 1.72 bits per heavy atom. The lowest BCUT2D eigenvalue weighted by Crippen LogP contribution is -2.05. The molecule has 0 saturated carbocycles. The van der Waals surface area contributed by atoms with Gasteiger partial charge in [0.05, 0.1) is 13.2 Å². The van der Waals surface area contributed by atoms with Crippen LogP contribution in [0.5, 0.6) is 5.75 Å². The van der Waals surface area contributed by atoms with E-state index in [-0.39, 0.29) is 6.10 Å². The number of hydrogen-bond acceptors (Lipinski definition) is 2. The van der Waals surface area contributed by atoms with Crippen LogP contribution in [-0.2, 0) is 11.2 Å². The molecule has 0 aliphatic carbocycles. The molecule has 0 N–H and O–H groups in total. The van der Waals surface area contributed by atoms with Crippen LogP contribution in [0, 0.1) is 0 Å². The highest BCUT2D eigenvalue weighted by molar-refractivity contribution is 5.30. The fraction of sp³-hybridized carbons (Fsp3) is 0.250. The Morgan fingerprint density at radius 1 is 0.944 bits per heavy atom. The van der Waals surface area contributed by atoms with Crippen LogP contribution in [0.3, 0.4) is 0 Å². The van der Waals surface area contributed by atoms with E-state index in [2.05, 4.69) is 24.3 Å². The maximum Gasteiger partial charge on any atom is 0.119 e. The summed E-state index contributed by atoms with van der Waals surface area (Å²) in [7, 11) is 3.43. The Kier molecular flexibility index (Phi) is 4.37. The number of benzene rings is 2. The average Bonchev–Trinajstić information content (AvgIpc) is 2.46. The number of rotatable bonds is 5. The van der Waals surface area contributed by atoms with E-state index in [4.69, 9.17) is 9.47 Å². The molecule has 2 nitrogen and oxygen atoms in total. The topological polar surface area (TPSA) is 18.5 Å². The third-order valence-corrected chi connectivity index (χ3v) is 3.01. The van der Waals surface area contributed by atoms with Gasteiger partial charge in [-0.15, -0.1) is 0 Å². The third kappa shape index (κ3) is 3.11. The Bertz CT molecular complexity index is 479. The Hall–Kier alpha value is -1.80. The quantitative estimate of drug-likeness (QED) is 0.797. The molecule has 0 aliphatic heterocycles. The summed E-state index contributed by atoms with van der Waals surface area (Å²) in [6.07, 6.45) is 0.927. The molecule has 18 heavy (non-hydrogen) atoms. The maximum atomic E-state index is 5.57. The maximum absolute atomic E-state index is 5.57. The van der Waals surface area contributed by atoms with Gasteiger partial charge < -0.3 is 9.47 Å². The predicted octanol–water partition coefficient (Wildman–Crippen LogP) is 3.63. The second kappa shape index (κ2) is 6.22. The van der Waals surface area contributed by atoms with Crippen molar-refractivity contribution in [2.75, 3.05) is 14.2 Å². The van der Waals surface area contributed by atoms with Gasteiger partial charge in [0, 0.05) is 13.5 Å². The highest BCUT2D eigenvalue weighted by Gasteiger charge is 2.11. The minimum absolute atomic E-state index is 0.0818. The summed E-state index contributed by atoms with van der Waals surface area (Å²) < 4.78 is 10.8. The van der Waals surface area contributed by atoms with Crippen LogP contribution < -0.4 is 4.74 Å². The molecule has 2 aromatic rings. The summed E-state index contributed by atoms with van der Waals surface area (Å²) in [4.78, 5) is 0. The number of hydrogen-bond donors (Lipinski definition) is 0. The molecular weight excluding hydrogens is 224 g/mol. The van der Waals surface area contributed by atoms with E-state index >= 15 is 0 Å². The Morgan fingerprint density at radius 3 is 2.39 bits per heavy atom. The minimum Gasteiger partial charge on any atom is -0.497 e. The van der Waals surface area contributed by atoms with Gasteiger partial charge in [-0.1, -0.05) is 42.5 Å². The lowest BCUT2D eigenvalue weighted by Gasteiger charge is -2.16. The largest absolute Gasteiger partial charge is 0.497 e. The molecule has 0 amide bonds. The van der Waals surface area contributed by atoms with Gasteiger partial charge in [0.25, 0.3) is 0 Å². The smallest absolute Gasteiger partial charge is 0.119 e. The first-order valence-electron chi connectivity index (χ1n) is 6.04. The summed E-state index contributed by atoms with van der Waals surface area (Å²) in [6, 6.07) is 18.4. The number of methoxy groups -OCH3 is 2. The van der Waals surface area contributed by atoms with Crippen LogP contribution in [0.15, 0.2) is 54.6 Å². The molecule has 2 aromatic carbocycles. The van der Waals surface area contributed by atoms with E-state index in [0.29, 0.717) is 0 Å². The van der Waals surface area contributed by atoms with Gasteiger partial charge >= 0.3 is 0 Å². The fourth-order valence-corrected chi connectivity index (χ4v) is 2.02. The second-order valence-corrected chi connectivity index (χ2v) is 4.19. The highest BCUT2D eigenvalue weighted by atomic mass is 16.5. The molecule has 0 heterocycles. The van der Waals surface area contributed by atoms with Gasteiger partial charge in [0.2, 0.25) is 0 Å². The third-order valence-electron chi connectivity index (χ3n) is 3.01. The molecular formula is C16H18O2. The molecule has 0 aromatic heterocycles. The van der Waals surface area contributed by atoms with Crippen molar-refractivity contribution in [3.8, 4) is 5.75 Å². The van der Waals surface area contributed by atoms with Crippen molar-refractivity contribution in [1.82, 2.24) is 0 Å². The molecule has 0 aliphatic rings. The van der Waals surface area contributed by atoms with Crippen LogP contribution in [0.1, 0.15) is 17.2 Å². The normalized spacial score (nSPS) is 12.1. The van der Waals surface area contributed by atoms with Crippen molar-refractivity contribution in [3.05, 3.63) is 65.7 Å². The van der Waals surface area contributed by atoms with Gasteiger partial charge in [0.1, 0.15) is 5.75 Å². The first-order valence-corrected chi connectivity index (χ1v) is 6.04. The highest BCUT2D eigenvalue weighted by Crippen LogP contribution is 2.23. The predicted molar refractivity (Wildman–Crippen MR) is 72.9 cm³/mol. The van der Waals surface area contributed by atoms with Crippen LogP contribution in [0.2, 0.25) is 0 Å². The van der Waals surface area contributed by atoms with Gasteiger partial charge in [-0.25, -0.2) is 0 Å². The van der Waals surface area contributed by atoms with E-state index in [1.807, 2.05) is 30.3 Å². The Balaban J connectivity index is 2.15. The van der Waals surface area contributed by atoms with E-state index < -0.39 is 0 Å². The SMILES string of the molecule is COc1cccc(CC(OC)c2ccccc2)c1. The zero-order chi connectivity index (χ0) is 12.8. The zero-order valence-electron chi connectivity index (χ0n) is 10.8. The van der Waals surface area contributed by atoms with Crippen molar-refractivity contribution >= 4 is 0 Å². The van der Waals surface area contributed by atoms with Crippen molar-refractivity contribution < 1.29 is 9.47 Å². The molecule has 2 heteroatoms. The molecule has 1 atom stereocenters. The van der Waals surface area contributed by atoms with Crippen LogP contribution in [-0.4, -0.2) is 14.2 Å². The monoisotopic (exact) mass is 242 g/mol. The zero-order valence-corrected chi connectivity index (χ0v) is 10.8. The van der Waals surface area contributed by atoms with E-state index in [1.165, 1.54) is 11.1 Å². The number of ether oxygens (including phenoxy) is 2. The summed E-state index contributed by atoms with van der Waals surface area (Å²) in [5.41, 5.74) is 2.41.